The Kier molecular flexibility index (Phi) is 6.27. The first-order chi connectivity index (χ1) is 15.6. The van der Waals surface area contributed by atoms with Gasteiger partial charge in [0.1, 0.15) is 17.3 Å². The van der Waals surface area contributed by atoms with Crippen molar-refractivity contribution < 1.29 is 14.0 Å². The molecule has 2 heterocycles. The smallest absolute Gasteiger partial charge is 0.268 e. The number of amides is 2. The lowest BCUT2D eigenvalue weighted by molar-refractivity contribution is -0.117. The fourth-order valence-electron chi connectivity index (χ4n) is 3.26. The predicted molar refractivity (Wildman–Crippen MR) is 121 cm³/mol. The molecular formula is C25H22N4O3. The van der Waals surface area contributed by atoms with Crippen molar-refractivity contribution in [1.29, 1.82) is 0 Å². The molecule has 2 aromatic carbocycles. The summed E-state index contributed by atoms with van der Waals surface area (Å²) in [5, 5.41) is 5.59. The predicted octanol–water partition coefficient (Wildman–Crippen LogP) is 3.86. The van der Waals surface area contributed by atoms with Crippen molar-refractivity contribution in [3.05, 3.63) is 114 Å². The zero-order valence-corrected chi connectivity index (χ0v) is 17.5. The minimum atomic E-state index is -0.428. The lowest BCUT2D eigenvalue weighted by Gasteiger charge is -2.14. The van der Waals surface area contributed by atoms with Crippen LogP contribution in [0.2, 0.25) is 0 Å². The molecule has 0 bridgehead atoms. The first kappa shape index (κ1) is 20.9. The number of nitrogens with zero attached hydrogens (tertiary/aromatic N) is 2. The number of imidazole rings is 1. The van der Waals surface area contributed by atoms with Gasteiger partial charge < -0.3 is 19.6 Å². The number of para-hydroxylation sites is 1. The third-order valence-corrected chi connectivity index (χ3v) is 4.87. The van der Waals surface area contributed by atoms with Crippen molar-refractivity contribution in [3.63, 3.8) is 0 Å². The molecule has 0 atom stereocenters. The van der Waals surface area contributed by atoms with E-state index in [0.29, 0.717) is 11.3 Å². The molecule has 0 aliphatic rings. The van der Waals surface area contributed by atoms with Crippen LogP contribution in [0.3, 0.4) is 0 Å². The number of nitrogens with one attached hydrogen (secondary N) is 2. The molecule has 4 rings (SSSR count). The number of carbonyl (C=O) groups excluding carboxylic acids is 2. The standard InChI is InChI=1S/C25H22N4O3/c1-18-26-13-14-29(18)23-12-6-5-10-20(23)17-27-25(31)22(16-21-11-7-15-32-21)28-24(30)19-8-3-2-4-9-19/h2-16H,17H2,1H3,(H,27,31)(H,28,30)/b22-16-. The van der Waals surface area contributed by atoms with E-state index >= 15 is 0 Å². The summed E-state index contributed by atoms with van der Waals surface area (Å²) < 4.78 is 7.28. The Morgan fingerprint density at radius 3 is 2.53 bits per heavy atom. The number of aromatic nitrogens is 2. The third kappa shape index (κ3) is 4.84. The average molecular weight is 426 g/mol. The van der Waals surface area contributed by atoms with Gasteiger partial charge in [0, 0.05) is 30.6 Å². The van der Waals surface area contributed by atoms with Gasteiger partial charge in [-0.15, -0.1) is 0 Å². The topological polar surface area (TPSA) is 89.2 Å². The summed E-state index contributed by atoms with van der Waals surface area (Å²) >= 11 is 0. The number of hydrogen-bond acceptors (Lipinski definition) is 4. The van der Waals surface area contributed by atoms with Crippen LogP contribution in [0.1, 0.15) is 27.5 Å². The normalized spacial score (nSPS) is 11.2. The molecule has 0 aliphatic carbocycles. The van der Waals surface area contributed by atoms with Gasteiger partial charge in [0.25, 0.3) is 11.8 Å². The number of benzene rings is 2. The van der Waals surface area contributed by atoms with Gasteiger partial charge in [-0.2, -0.15) is 0 Å². The molecule has 4 aromatic rings. The molecule has 2 N–H and O–H groups in total. The fraction of sp³-hybridized carbons (Fsp3) is 0.0800. The molecule has 160 valence electrons. The Bertz CT molecular complexity index is 1240. The molecule has 32 heavy (non-hydrogen) atoms. The number of rotatable bonds is 7. The molecule has 0 saturated carbocycles. The fourth-order valence-corrected chi connectivity index (χ4v) is 3.26. The van der Waals surface area contributed by atoms with Crippen molar-refractivity contribution in [2.24, 2.45) is 0 Å². The van der Waals surface area contributed by atoms with Gasteiger partial charge in [0.15, 0.2) is 0 Å². The maximum atomic E-state index is 13.0. The minimum Gasteiger partial charge on any atom is -0.465 e. The number of furan rings is 1. The van der Waals surface area contributed by atoms with Crippen molar-refractivity contribution in [1.82, 2.24) is 20.2 Å². The Morgan fingerprint density at radius 1 is 1.03 bits per heavy atom. The summed E-state index contributed by atoms with van der Waals surface area (Å²) in [6.07, 6.45) is 6.61. The van der Waals surface area contributed by atoms with Gasteiger partial charge >= 0.3 is 0 Å². The highest BCUT2D eigenvalue weighted by atomic mass is 16.3. The summed E-state index contributed by atoms with van der Waals surface area (Å²) in [5.74, 6) is 0.492. The zero-order valence-electron chi connectivity index (χ0n) is 17.5. The lowest BCUT2D eigenvalue weighted by atomic mass is 10.1. The monoisotopic (exact) mass is 426 g/mol. The molecule has 0 saturated heterocycles. The van der Waals surface area contributed by atoms with E-state index in [-0.39, 0.29) is 18.1 Å². The van der Waals surface area contributed by atoms with Gasteiger partial charge in [-0.3, -0.25) is 9.59 Å². The van der Waals surface area contributed by atoms with E-state index in [1.54, 1.807) is 42.6 Å². The quantitative estimate of drug-likeness (QED) is 0.439. The first-order valence-corrected chi connectivity index (χ1v) is 10.1. The highest BCUT2D eigenvalue weighted by Crippen LogP contribution is 2.16. The van der Waals surface area contributed by atoms with E-state index in [0.717, 1.165) is 17.1 Å². The van der Waals surface area contributed by atoms with Gasteiger partial charge in [-0.05, 0) is 42.8 Å². The van der Waals surface area contributed by atoms with Crippen LogP contribution in [-0.2, 0) is 11.3 Å². The number of aryl methyl sites for hydroxylation is 1. The summed E-state index contributed by atoms with van der Waals surface area (Å²) in [6.45, 7) is 2.18. The van der Waals surface area contributed by atoms with E-state index in [2.05, 4.69) is 15.6 Å². The molecule has 0 unspecified atom stereocenters. The lowest BCUT2D eigenvalue weighted by Crippen LogP contribution is -2.34. The van der Waals surface area contributed by atoms with Crippen LogP contribution in [0.5, 0.6) is 0 Å². The van der Waals surface area contributed by atoms with E-state index in [1.807, 2.05) is 48.0 Å². The van der Waals surface area contributed by atoms with Crippen LogP contribution in [0, 0.1) is 6.92 Å². The Morgan fingerprint density at radius 2 is 1.81 bits per heavy atom. The molecule has 0 aliphatic heterocycles. The Labute approximate surface area is 185 Å². The van der Waals surface area contributed by atoms with Crippen LogP contribution in [-0.4, -0.2) is 21.4 Å². The van der Waals surface area contributed by atoms with Gasteiger partial charge in [0.2, 0.25) is 0 Å². The Hall–Kier alpha value is -4.39. The molecule has 2 amide bonds. The summed E-state index contributed by atoms with van der Waals surface area (Å²) in [7, 11) is 0. The molecule has 7 heteroatoms. The summed E-state index contributed by atoms with van der Waals surface area (Å²) in [6, 6.07) is 19.9. The largest absolute Gasteiger partial charge is 0.465 e. The molecule has 0 fully saturated rings. The second kappa shape index (κ2) is 9.61. The van der Waals surface area contributed by atoms with Crippen molar-refractivity contribution in [3.8, 4) is 5.69 Å². The van der Waals surface area contributed by atoms with Crippen LogP contribution in [0.25, 0.3) is 11.8 Å². The van der Waals surface area contributed by atoms with Crippen molar-refractivity contribution >= 4 is 17.9 Å². The second-order valence-corrected chi connectivity index (χ2v) is 7.05. The molecule has 7 nitrogen and oxygen atoms in total. The number of hydrogen-bond donors (Lipinski definition) is 2. The third-order valence-electron chi connectivity index (χ3n) is 4.87. The summed E-state index contributed by atoms with van der Waals surface area (Å²) in [5.41, 5.74) is 2.37. The average Bonchev–Trinajstić information content (AvgIpc) is 3.49. The minimum absolute atomic E-state index is 0.0881. The molecule has 2 aromatic heterocycles. The van der Waals surface area contributed by atoms with E-state index in [1.165, 1.54) is 12.3 Å². The maximum Gasteiger partial charge on any atom is 0.268 e. The van der Waals surface area contributed by atoms with Gasteiger partial charge in [0.05, 0.1) is 12.0 Å². The van der Waals surface area contributed by atoms with Crippen molar-refractivity contribution in [2.45, 2.75) is 13.5 Å². The van der Waals surface area contributed by atoms with Crippen molar-refractivity contribution in [2.75, 3.05) is 0 Å². The molecule has 0 radical (unpaired) electrons. The first-order valence-electron chi connectivity index (χ1n) is 10.1. The molecule has 0 spiro atoms. The summed E-state index contributed by atoms with van der Waals surface area (Å²) in [4.78, 5) is 29.9. The van der Waals surface area contributed by atoms with Gasteiger partial charge in [-0.25, -0.2) is 4.98 Å². The highest BCUT2D eigenvalue weighted by molar-refractivity contribution is 6.05. The highest BCUT2D eigenvalue weighted by Gasteiger charge is 2.16. The van der Waals surface area contributed by atoms with Gasteiger partial charge in [-0.1, -0.05) is 36.4 Å². The zero-order chi connectivity index (χ0) is 22.3. The second-order valence-electron chi connectivity index (χ2n) is 7.05. The van der Waals surface area contributed by atoms with E-state index in [9.17, 15) is 9.59 Å². The Balaban J connectivity index is 1.54. The maximum absolute atomic E-state index is 13.0. The van der Waals surface area contributed by atoms with Crippen LogP contribution in [0.4, 0.5) is 0 Å². The SMILES string of the molecule is Cc1nccn1-c1ccccc1CNC(=O)/C(=C/c1ccco1)NC(=O)c1ccccc1. The van der Waals surface area contributed by atoms with Crippen LogP contribution >= 0.6 is 0 Å². The van der Waals surface area contributed by atoms with Crippen LogP contribution in [0.15, 0.2) is 95.5 Å². The molecular weight excluding hydrogens is 404 g/mol. The van der Waals surface area contributed by atoms with E-state index < -0.39 is 5.91 Å². The number of carbonyl (C=O) groups is 2. The van der Waals surface area contributed by atoms with Crippen LogP contribution < -0.4 is 10.6 Å². The van der Waals surface area contributed by atoms with E-state index in [4.69, 9.17) is 4.42 Å².